The van der Waals surface area contributed by atoms with E-state index in [1.807, 2.05) is 6.07 Å². The van der Waals surface area contributed by atoms with Crippen LogP contribution in [0.25, 0.3) is 21.9 Å². The van der Waals surface area contributed by atoms with Gasteiger partial charge in [0.25, 0.3) is 0 Å². The summed E-state index contributed by atoms with van der Waals surface area (Å²) < 4.78 is 6.14. The molecule has 1 aliphatic heterocycles. The van der Waals surface area contributed by atoms with E-state index >= 15 is 0 Å². The molecule has 1 saturated heterocycles. The molecule has 3 heteroatoms. The Labute approximate surface area is 183 Å². The van der Waals surface area contributed by atoms with Crippen LogP contribution in [0, 0.1) is 12.3 Å². The molecule has 5 rings (SSSR count). The lowest BCUT2D eigenvalue weighted by Gasteiger charge is -2.38. The Hall–Kier alpha value is -2.39. The molecule has 0 aliphatic carbocycles. The molecule has 0 spiro atoms. The molecule has 0 radical (unpaired) electrons. The zero-order chi connectivity index (χ0) is 21.0. The number of anilines is 1. The van der Waals surface area contributed by atoms with E-state index in [2.05, 4.69) is 112 Å². The van der Waals surface area contributed by atoms with Crippen molar-refractivity contribution >= 4 is 39.4 Å². The third kappa shape index (κ3) is 3.11. The molecule has 1 aliphatic rings. The van der Waals surface area contributed by atoms with Crippen molar-refractivity contribution in [2.24, 2.45) is 5.41 Å². The molecule has 3 atom stereocenters. The van der Waals surface area contributed by atoms with Crippen molar-refractivity contribution in [3.05, 3.63) is 77.9 Å². The maximum absolute atomic E-state index is 6.14. The molecule has 2 nitrogen and oxygen atoms in total. The highest BCUT2D eigenvalue weighted by Crippen LogP contribution is 2.54. The fraction of sp³-hybridized carbons (Fsp3) is 0.333. The minimum Gasteiger partial charge on any atom is -0.456 e. The number of fused-ring (bicyclic) bond motifs is 3. The fourth-order valence-electron chi connectivity index (χ4n) is 4.78. The number of nitrogens with zero attached hydrogens (tertiary/aromatic N) is 1. The lowest BCUT2D eigenvalue weighted by atomic mass is 9.93. The average Bonchev–Trinajstić information content (AvgIpc) is 3.25. The molecule has 4 aromatic rings. The molecule has 2 unspecified atom stereocenters. The fourth-order valence-corrected chi connectivity index (χ4v) is 6.58. The van der Waals surface area contributed by atoms with E-state index in [-0.39, 0.29) is 5.41 Å². The third-order valence-electron chi connectivity index (χ3n) is 6.25. The van der Waals surface area contributed by atoms with Crippen LogP contribution in [0.1, 0.15) is 44.1 Å². The van der Waals surface area contributed by atoms with Gasteiger partial charge in [-0.3, -0.25) is 0 Å². The smallest absolute Gasteiger partial charge is 0.135 e. The lowest BCUT2D eigenvalue weighted by Crippen LogP contribution is -2.42. The Bertz CT molecular complexity index is 1200. The van der Waals surface area contributed by atoms with Crippen LogP contribution in [0.5, 0.6) is 0 Å². The van der Waals surface area contributed by atoms with Gasteiger partial charge in [0.05, 0.1) is 10.6 Å². The van der Waals surface area contributed by atoms with Gasteiger partial charge < -0.3 is 9.32 Å². The average molecular weight is 416 g/mol. The first kappa shape index (κ1) is 19.6. The van der Waals surface area contributed by atoms with Gasteiger partial charge in [0, 0.05) is 22.5 Å². The number of para-hydroxylation sites is 1. The summed E-state index contributed by atoms with van der Waals surface area (Å²) in [4.78, 5) is 2.67. The molecular formula is C27H29NOS. The van der Waals surface area contributed by atoms with Crippen LogP contribution >= 0.6 is 11.8 Å². The lowest BCUT2D eigenvalue weighted by molar-refractivity contribution is 0.378. The largest absolute Gasteiger partial charge is 0.456 e. The summed E-state index contributed by atoms with van der Waals surface area (Å²) in [6, 6.07) is 24.3. The highest BCUT2D eigenvalue weighted by atomic mass is 32.2. The van der Waals surface area contributed by atoms with E-state index in [0.717, 1.165) is 11.2 Å². The van der Waals surface area contributed by atoms with Crippen LogP contribution in [-0.4, -0.2) is 11.4 Å². The van der Waals surface area contributed by atoms with Crippen LogP contribution in [0.3, 0.4) is 0 Å². The number of furan rings is 1. The molecule has 30 heavy (non-hydrogen) atoms. The van der Waals surface area contributed by atoms with Crippen molar-refractivity contribution < 1.29 is 4.42 Å². The number of benzene rings is 3. The number of rotatable bonds is 2. The summed E-state index contributed by atoms with van der Waals surface area (Å²) in [7, 11) is 0. The summed E-state index contributed by atoms with van der Waals surface area (Å²) in [5, 5.41) is 3.25. The zero-order valence-corrected chi connectivity index (χ0v) is 19.2. The molecule has 1 fully saturated rings. The predicted molar refractivity (Wildman–Crippen MR) is 130 cm³/mol. The second-order valence-corrected chi connectivity index (χ2v) is 10.8. The van der Waals surface area contributed by atoms with Crippen molar-refractivity contribution in [3.8, 4) is 0 Å². The van der Waals surface area contributed by atoms with Gasteiger partial charge in [0.2, 0.25) is 0 Å². The normalized spacial score (nSPS) is 22.3. The van der Waals surface area contributed by atoms with E-state index in [1.54, 1.807) is 0 Å². The van der Waals surface area contributed by atoms with Gasteiger partial charge in [-0.2, -0.15) is 0 Å². The SMILES string of the molecule is Cc1cc2oc3ccccc3c2cc1N1C(C(C)(C)C)SC(c2ccccc2)[C@@H]1C. The Morgan fingerprint density at radius 1 is 0.867 bits per heavy atom. The molecule has 0 N–H and O–H groups in total. The van der Waals surface area contributed by atoms with Gasteiger partial charge in [0.1, 0.15) is 11.2 Å². The summed E-state index contributed by atoms with van der Waals surface area (Å²) in [5.74, 6) is 0. The summed E-state index contributed by atoms with van der Waals surface area (Å²) in [6.45, 7) is 11.7. The second-order valence-electron chi connectivity index (χ2n) is 9.57. The molecule has 154 valence electrons. The molecule has 1 aromatic heterocycles. The monoisotopic (exact) mass is 415 g/mol. The molecule has 0 saturated carbocycles. The van der Waals surface area contributed by atoms with Gasteiger partial charge in [-0.1, -0.05) is 69.3 Å². The number of aryl methyl sites for hydroxylation is 1. The molecule has 2 heterocycles. The van der Waals surface area contributed by atoms with Gasteiger partial charge >= 0.3 is 0 Å². The Kier molecular flexibility index (Phi) is 4.62. The first-order chi connectivity index (χ1) is 14.3. The van der Waals surface area contributed by atoms with Gasteiger partial charge in [-0.15, -0.1) is 11.8 Å². The van der Waals surface area contributed by atoms with Crippen molar-refractivity contribution in [1.29, 1.82) is 0 Å². The topological polar surface area (TPSA) is 16.4 Å². The van der Waals surface area contributed by atoms with E-state index in [9.17, 15) is 0 Å². The van der Waals surface area contributed by atoms with E-state index in [4.69, 9.17) is 4.42 Å². The van der Waals surface area contributed by atoms with Crippen LogP contribution in [0.4, 0.5) is 5.69 Å². The van der Waals surface area contributed by atoms with Crippen molar-refractivity contribution in [2.45, 2.75) is 51.3 Å². The third-order valence-corrected chi connectivity index (χ3v) is 8.40. The Morgan fingerprint density at radius 2 is 1.57 bits per heavy atom. The van der Waals surface area contributed by atoms with Crippen LogP contribution in [0.2, 0.25) is 0 Å². The van der Waals surface area contributed by atoms with E-state index in [1.165, 1.54) is 27.6 Å². The van der Waals surface area contributed by atoms with Crippen molar-refractivity contribution in [3.63, 3.8) is 0 Å². The Balaban J connectivity index is 1.67. The van der Waals surface area contributed by atoms with E-state index in [0.29, 0.717) is 16.7 Å². The quantitative estimate of drug-likeness (QED) is 0.330. The van der Waals surface area contributed by atoms with Crippen LogP contribution < -0.4 is 4.90 Å². The second kappa shape index (κ2) is 7.09. The minimum atomic E-state index is 0.155. The molecule has 3 aromatic carbocycles. The summed E-state index contributed by atoms with van der Waals surface area (Å²) in [5.41, 5.74) is 6.11. The zero-order valence-electron chi connectivity index (χ0n) is 18.3. The van der Waals surface area contributed by atoms with Gasteiger partial charge in [-0.05, 0) is 48.6 Å². The predicted octanol–water partition coefficient (Wildman–Crippen LogP) is 7.95. The maximum Gasteiger partial charge on any atom is 0.135 e. The highest BCUT2D eigenvalue weighted by molar-refractivity contribution is 8.00. The minimum absolute atomic E-state index is 0.155. The first-order valence-electron chi connectivity index (χ1n) is 10.8. The number of hydrogen-bond donors (Lipinski definition) is 0. The molecular weight excluding hydrogens is 386 g/mol. The maximum atomic E-state index is 6.14. The van der Waals surface area contributed by atoms with Crippen LogP contribution in [0.15, 0.2) is 71.1 Å². The summed E-state index contributed by atoms with van der Waals surface area (Å²) in [6.07, 6.45) is 0. The van der Waals surface area contributed by atoms with E-state index < -0.39 is 0 Å². The molecule has 0 amide bonds. The molecule has 0 bridgehead atoms. The van der Waals surface area contributed by atoms with Gasteiger partial charge in [0.15, 0.2) is 0 Å². The van der Waals surface area contributed by atoms with Crippen molar-refractivity contribution in [1.82, 2.24) is 0 Å². The first-order valence-corrected chi connectivity index (χ1v) is 11.7. The standard InChI is InChI=1S/C27H29NOS/c1-17-15-24-21(20-13-9-10-14-23(20)29-24)16-22(17)28-18(2)25(19-11-7-6-8-12-19)30-26(28)27(3,4)5/h6-16,18,25-26H,1-5H3/t18-,25?,26?/m0/s1. The number of hydrogen-bond acceptors (Lipinski definition) is 3. The number of thioether (sulfide) groups is 1. The Morgan fingerprint density at radius 3 is 2.30 bits per heavy atom. The highest BCUT2D eigenvalue weighted by Gasteiger charge is 2.45. The van der Waals surface area contributed by atoms with Crippen LogP contribution in [-0.2, 0) is 0 Å². The van der Waals surface area contributed by atoms with Crippen molar-refractivity contribution in [2.75, 3.05) is 4.90 Å². The van der Waals surface area contributed by atoms with Gasteiger partial charge in [-0.25, -0.2) is 0 Å². The summed E-state index contributed by atoms with van der Waals surface area (Å²) >= 11 is 2.10.